The van der Waals surface area contributed by atoms with E-state index in [0.717, 1.165) is 23.3 Å². The van der Waals surface area contributed by atoms with Crippen molar-refractivity contribution >= 4 is 11.7 Å². The number of hydrogen-bond donors (Lipinski definition) is 1. The summed E-state index contributed by atoms with van der Waals surface area (Å²) in [5.74, 6) is 1.29. The van der Waals surface area contributed by atoms with E-state index in [-0.39, 0.29) is 18.3 Å². The molecule has 1 N–H and O–H groups in total. The highest BCUT2D eigenvalue weighted by atomic mass is 16.6. The van der Waals surface area contributed by atoms with Gasteiger partial charge in [0.25, 0.3) is 5.91 Å². The number of nitrogens with zero attached hydrogens (tertiary/aromatic N) is 2. The van der Waals surface area contributed by atoms with Gasteiger partial charge in [-0.25, -0.2) is 4.63 Å². The smallest absolute Gasteiger partial charge is 0.263 e. The molecule has 1 amide bonds. The Kier molecular flexibility index (Phi) is 5.71. The van der Waals surface area contributed by atoms with E-state index in [1.165, 1.54) is 5.56 Å². The Bertz CT molecular complexity index is 919. The number of methoxy groups -OCH3 is 1. The van der Waals surface area contributed by atoms with Crippen LogP contribution >= 0.6 is 0 Å². The van der Waals surface area contributed by atoms with Gasteiger partial charge in [0.05, 0.1) is 7.11 Å². The van der Waals surface area contributed by atoms with Crippen LogP contribution in [-0.4, -0.2) is 29.9 Å². The molecule has 2 aromatic carbocycles. The Labute approximate surface area is 157 Å². The van der Waals surface area contributed by atoms with Gasteiger partial charge >= 0.3 is 0 Å². The molecule has 0 aliphatic carbocycles. The SMILES string of the molecule is CCc1ccc(OCC(=O)Nc2nonc2-c2ccc(OC)c(C)c2)cc1. The molecule has 0 bridgehead atoms. The third kappa shape index (κ3) is 4.44. The lowest BCUT2D eigenvalue weighted by Crippen LogP contribution is -2.20. The van der Waals surface area contributed by atoms with Crippen LogP contribution in [0, 0.1) is 6.92 Å². The van der Waals surface area contributed by atoms with Crippen LogP contribution in [0.2, 0.25) is 0 Å². The maximum absolute atomic E-state index is 12.2. The number of nitrogens with one attached hydrogen (secondary N) is 1. The maximum atomic E-state index is 12.2. The normalized spacial score (nSPS) is 10.5. The minimum atomic E-state index is -0.350. The predicted octanol–water partition coefficient (Wildman–Crippen LogP) is 3.63. The van der Waals surface area contributed by atoms with Crippen LogP contribution in [0.5, 0.6) is 11.5 Å². The molecule has 0 unspecified atom stereocenters. The van der Waals surface area contributed by atoms with Crippen molar-refractivity contribution in [3.8, 4) is 22.8 Å². The van der Waals surface area contributed by atoms with Crippen molar-refractivity contribution in [3.05, 3.63) is 53.6 Å². The lowest BCUT2D eigenvalue weighted by atomic mass is 10.1. The second kappa shape index (κ2) is 8.35. The molecule has 0 spiro atoms. The second-order valence-electron chi connectivity index (χ2n) is 5.98. The summed E-state index contributed by atoms with van der Waals surface area (Å²) in [7, 11) is 1.61. The van der Waals surface area contributed by atoms with Crippen LogP contribution in [-0.2, 0) is 11.2 Å². The van der Waals surface area contributed by atoms with Crippen molar-refractivity contribution in [1.82, 2.24) is 10.3 Å². The molecular formula is C20H21N3O4. The van der Waals surface area contributed by atoms with Crippen molar-refractivity contribution in [2.75, 3.05) is 19.0 Å². The number of benzene rings is 2. The second-order valence-corrected chi connectivity index (χ2v) is 5.98. The first-order chi connectivity index (χ1) is 13.1. The highest BCUT2D eigenvalue weighted by molar-refractivity contribution is 5.94. The number of carbonyl (C=O) groups is 1. The van der Waals surface area contributed by atoms with Gasteiger partial charge in [-0.2, -0.15) is 0 Å². The van der Waals surface area contributed by atoms with Gasteiger partial charge in [0.2, 0.25) is 5.82 Å². The van der Waals surface area contributed by atoms with E-state index >= 15 is 0 Å². The van der Waals surface area contributed by atoms with Crippen LogP contribution < -0.4 is 14.8 Å². The summed E-state index contributed by atoms with van der Waals surface area (Å²) in [4.78, 5) is 12.2. The van der Waals surface area contributed by atoms with Crippen LogP contribution in [0.25, 0.3) is 11.3 Å². The molecule has 140 valence electrons. The zero-order valence-corrected chi connectivity index (χ0v) is 15.5. The largest absolute Gasteiger partial charge is 0.496 e. The molecule has 0 fully saturated rings. The van der Waals surface area contributed by atoms with Gasteiger partial charge in [-0.05, 0) is 65.1 Å². The zero-order valence-electron chi connectivity index (χ0n) is 15.5. The third-order valence-electron chi connectivity index (χ3n) is 4.12. The van der Waals surface area contributed by atoms with Gasteiger partial charge in [-0.3, -0.25) is 4.79 Å². The fraction of sp³-hybridized carbons (Fsp3) is 0.250. The lowest BCUT2D eigenvalue weighted by Gasteiger charge is -2.08. The van der Waals surface area contributed by atoms with E-state index in [1.807, 2.05) is 49.4 Å². The predicted molar refractivity (Wildman–Crippen MR) is 101 cm³/mol. The molecule has 0 saturated heterocycles. The van der Waals surface area contributed by atoms with Crippen LogP contribution in [0.15, 0.2) is 47.1 Å². The maximum Gasteiger partial charge on any atom is 0.263 e. The molecule has 0 aliphatic heterocycles. The first kappa shape index (κ1) is 18.4. The molecule has 0 saturated carbocycles. The molecular weight excluding hydrogens is 346 g/mol. The van der Waals surface area contributed by atoms with Crippen LogP contribution in [0.4, 0.5) is 5.82 Å². The molecule has 7 heteroatoms. The number of amides is 1. The van der Waals surface area contributed by atoms with Gasteiger partial charge < -0.3 is 14.8 Å². The third-order valence-corrected chi connectivity index (χ3v) is 4.12. The fourth-order valence-electron chi connectivity index (χ4n) is 2.62. The van der Waals surface area contributed by atoms with Gasteiger partial charge in [-0.1, -0.05) is 19.1 Å². The van der Waals surface area contributed by atoms with E-state index in [2.05, 4.69) is 22.6 Å². The highest BCUT2D eigenvalue weighted by Gasteiger charge is 2.16. The number of rotatable bonds is 7. The summed E-state index contributed by atoms with van der Waals surface area (Å²) in [6, 6.07) is 13.2. The van der Waals surface area contributed by atoms with Gasteiger partial charge in [0, 0.05) is 5.56 Å². The topological polar surface area (TPSA) is 86.5 Å². The van der Waals surface area contributed by atoms with E-state index in [9.17, 15) is 4.79 Å². The Balaban J connectivity index is 1.65. The molecule has 1 heterocycles. The first-order valence-electron chi connectivity index (χ1n) is 8.60. The van der Waals surface area contributed by atoms with E-state index < -0.39 is 0 Å². The Morgan fingerprint density at radius 2 is 1.93 bits per heavy atom. The van der Waals surface area contributed by atoms with Gasteiger partial charge in [0.15, 0.2) is 12.3 Å². The average Bonchev–Trinajstić information content (AvgIpc) is 3.14. The molecule has 7 nitrogen and oxygen atoms in total. The summed E-state index contributed by atoms with van der Waals surface area (Å²) in [5, 5.41) is 10.3. The van der Waals surface area contributed by atoms with E-state index in [4.69, 9.17) is 14.1 Å². The van der Waals surface area contributed by atoms with Crippen LogP contribution in [0.3, 0.4) is 0 Å². The number of carbonyl (C=O) groups excluding carboxylic acids is 1. The number of aryl methyl sites for hydroxylation is 2. The average molecular weight is 367 g/mol. The number of anilines is 1. The summed E-state index contributed by atoms with van der Waals surface area (Å²) >= 11 is 0. The quantitative estimate of drug-likeness (QED) is 0.686. The molecule has 0 aliphatic rings. The summed E-state index contributed by atoms with van der Waals surface area (Å²) in [6.45, 7) is 3.86. The molecule has 0 atom stereocenters. The van der Waals surface area contributed by atoms with Gasteiger partial charge in [-0.15, -0.1) is 0 Å². The van der Waals surface area contributed by atoms with Gasteiger partial charge in [0.1, 0.15) is 11.5 Å². The Morgan fingerprint density at radius 3 is 2.59 bits per heavy atom. The monoisotopic (exact) mass is 367 g/mol. The van der Waals surface area contributed by atoms with Crippen LogP contribution in [0.1, 0.15) is 18.1 Å². The standard InChI is InChI=1S/C20H21N3O4/c1-4-14-5-8-16(9-6-14)26-12-18(24)21-20-19(22-27-23-20)15-7-10-17(25-3)13(2)11-15/h5-11H,4,12H2,1-3H3,(H,21,23,24). The van der Waals surface area contributed by atoms with Crippen molar-refractivity contribution in [3.63, 3.8) is 0 Å². The Hall–Kier alpha value is -3.35. The lowest BCUT2D eigenvalue weighted by molar-refractivity contribution is -0.118. The summed E-state index contributed by atoms with van der Waals surface area (Å²) in [5.41, 5.74) is 3.36. The number of ether oxygens (including phenoxy) is 2. The molecule has 27 heavy (non-hydrogen) atoms. The minimum absolute atomic E-state index is 0.139. The van der Waals surface area contributed by atoms with Crippen molar-refractivity contribution in [2.24, 2.45) is 0 Å². The molecule has 3 rings (SSSR count). The van der Waals surface area contributed by atoms with Crippen molar-refractivity contribution in [2.45, 2.75) is 20.3 Å². The molecule has 1 aromatic heterocycles. The van der Waals surface area contributed by atoms with Crippen molar-refractivity contribution in [1.29, 1.82) is 0 Å². The Morgan fingerprint density at radius 1 is 1.15 bits per heavy atom. The number of aromatic nitrogens is 2. The fourth-order valence-corrected chi connectivity index (χ4v) is 2.62. The summed E-state index contributed by atoms with van der Waals surface area (Å²) < 4.78 is 15.6. The summed E-state index contributed by atoms with van der Waals surface area (Å²) in [6.07, 6.45) is 0.952. The van der Waals surface area contributed by atoms with E-state index in [0.29, 0.717) is 11.4 Å². The minimum Gasteiger partial charge on any atom is -0.496 e. The number of hydrogen-bond acceptors (Lipinski definition) is 6. The first-order valence-corrected chi connectivity index (χ1v) is 8.60. The van der Waals surface area contributed by atoms with E-state index in [1.54, 1.807) is 7.11 Å². The molecule has 3 aromatic rings. The molecule has 0 radical (unpaired) electrons. The van der Waals surface area contributed by atoms with Crippen molar-refractivity contribution < 1.29 is 18.9 Å². The highest BCUT2D eigenvalue weighted by Crippen LogP contribution is 2.28. The zero-order chi connectivity index (χ0) is 19.2.